The number of hydrogen-bond acceptors (Lipinski definition) is 4. The minimum Gasteiger partial charge on any atom is -0.489 e. The Morgan fingerprint density at radius 3 is 2.63 bits per heavy atom. The molecule has 2 aromatic heterocycles. The fraction of sp³-hybridized carbons (Fsp3) is 0.0833. The first-order chi connectivity index (χ1) is 14.7. The van der Waals surface area contributed by atoms with Crippen molar-refractivity contribution in [2.75, 3.05) is 13.2 Å². The summed E-state index contributed by atoms with van der Waals surface area (Å²) < 4.78 is 13.5. The van der Waals surface area contributed by atoms with Crippen LogP contribution in [0.4, 0.5) is 0 Å². The number of hydrogen-bond donors (Lipinski definition) is 0. The van der Waals surface area contributed by atoms with Crippen LogP contribution < -0.4 is 15.0 Å². The normalized spacial score (nSPS) is 12.8. The number of fused-ring (bicyclic) bond motifs is 3. The van der Waals surface area contributed by atoms with Gasteiger partial charge in [-0.25, -0.2) is 4.98 Å². The van der Waals surface area contributed by atoms with Crippen LogP contribution in [0.2, 0.25) is 5.02 Å². The van der Waals surface area contributed by atoms with Crippen LogP contribution >= 0.6 is 11.6 Å². The van der Waals surface area contributed by atoms with Gasteiger partial charge in [-0.05, 0) is 54.6 Å². The summed E-state index contributed by atoms with van der Waals surface area (Å²) in [6.45, 7) is 0.610. The lowest BCUT2D eigenvalue weighted by Gasteiger charge is -2.22. The van der Waals surface area contributed by atoms with E-state index in [1.807, 2.05) is 48.5 Å². The van der Waals surface area contributed by atoms with Gasteiger partial charge in [0, 0.05) is 16.8 Å². The number of ether oxygens (including phenoxy) is 2. The maximum atomic E-state index is 13.6. The Kier molecular flexibility index (Phi) is 4.73. The van der Waals surface area contributed by atoms with Crippen molar-refractivity contribution in [2.24, 2.45) is 0 Å². The molecule has 1 aliphatic rings. The molecule has 4 aromatic rings. The fourth-order valence-corrected chi connectivity index (χ4v) is 3.72. The minimum absolute atomic E-state index is 0.187. The first kappa shape index (κ1) is 18.5. The van der Waals surface area contributed by atoms with Crippen molar-refractivity contribution in [1.82, 2.24) is 9.55 Å². The summed E-state index contributed by atoms with van der Waals surface area (Å²) in [7, 11) is 0. The molecular weight excluding hydrogens is 400 g/mol. The number of aromatic nitrogens is 2. The van der Waals surface area contributed by atoms with Crippen LogP contribution in [0, 0.1) is 0 Å². The number of para-hydroxylation sites is 1. The summed E-state index contributed by atoms with van der Waals surface area (Å²) in [5.74, 6) is 1.23. The number of rotatable bonds is 4. The molecule has 6 heteroatoms. The van der Waals surface area contributed by atoms with Crippen LogP contribution in [-0.4, -0.2) is 22.8 Å². The second kappa shape index (κ2) is 7.69. The highest BCUT2D eigenvalue weighted by atomic mass is 35.5. The monoisotopic (exact) mass is 416 g/mol. The lowest BCUT2D eigenvalue weighted by Crippen LogP contribution is -2.27. The number of pyridine rings is 2. The Balaban J connectivity index is 1.65. The molecule has 0 saturated heterocycles. The molecule has 0 N–H and O–H groups in total. The van der Waals surface area contributed by atoms with Crippen molar-refractivity contribution < 1.29 is 9.47 Å². The Bertz CT molecular complexity index is 1310. The van der Waals surface area contributed by atoms with Gasteiger partial charge in [0.05, 0.1) is 16.6 Å². The second-order valence-corrected chi connectivity index (χ2v) is 7.27. The molecule has 2 aromatic carbocycles. The lowest BCUT2D eigenvalue weighted by atomic mass is 10.0. The topological polar surface area (TPSA) is 53.4 Å². The third-order valence-electron chi connectivity index (χ3n) is 4.99. The average Bonchev–Trinajstić information content (AvgIpc) is 2.79. The van der Waals surface area contributed by atoms with Crippen molar-refractivity contribution >= 4 is 28.2 Å². The first-order valence-corrected chi connectivity index (χ1v) is 9.90. The zero-order valence-corrected chi connectivity index (χ0v) is 16.7. The molecule has 5 rings (SSSR count). The smallest absolute Gasteiger partial charge is 0.268 e. The first-order valence-electron chi connectivity index (χ1n) is 9.52. The molecule has 3 heterocycles. The van der Waals surface area contributed by atoms with E-state index in [4.69, 9.17) is 21.1 Å². The van der Waals surface area contributed by atoms with Gasteiger partial charge < -0.3 is 9.47 Å². The van der Waals surface area contributed by atoms with E-state index in [9.17, 15) is 4.79 Å². The molecule has 148 valence electrons. The Hall–Kier alpha value is -3.57. The third-order valence-corrected chi connectivity index (χ3v) is 5.24. The van der Waals surface area contributed by atoms with Crippen LogP contribution in [0.1, 0.15) is 5.56 Å². The predicted octanol–water partition coefficient (Wildman–Crippen LogP) is 4.89. The molecule has 0 bridgehead atoms. The van der Waals surface area contributed by atoms with E-state index in [-0.39, 0.29) is 12.2 Å². The van der Waals surface area contributed by atoms with E-state index in [0.29, 0.717) is 34.3 Å². The molecule has 5 nitrogen and oxygen atoms in total. The van der Waals surface area contributed by atoms with Crippen molar-refractivity contribution in [2.45, 2.75) is 0 Å². The van der Waals surface area contributed by atoms with Crippen LogP contribution in [0.5, 0.6) is 11.5 Å². The highest BCUT2D eigenvalue weighted by Gasteiger charge is 2.25. The highest BCUT2D eigenvalue weighted by Crippen LogP contribution is 2.34. The molecule has 0 spiro atoms. The van der Waals surface area contributed by atoms with Gasteiger partial charge in [0.25, 0.3) is 5.56 Å². The van der Waals surface area contributed by atoms with Gasteiger partial charge in [0.1, 0.15) is 24.7 Å². The van der Waals surface area contributed by atoms with Gasteiger partial charge in [0.2, 0.25) is 0 Å². The number of halogens is 1. The summed E-state index contributed by atoms with van der Waals surface area (Å²) in [5, 5.41) is 1.43. The zero-order chi connectivity index (χ0) is 20.5. The molecule has 0 amide bonds. The van der Waals surface area contributed by atoms with Gasteiger partial charge in [0.15, 0.2) is 5.65 Å². The van der Waals surface area contributed by atoms with Gasteiger partial charge in [-0.1, -0.05) is 29.8 Å². The maximum Gasteiger partial charge on any atom is 0.268 e. The van der Waals surface area contributed by atoms with Crippen molar-refractivity contribution in [1.29, 1.82) is 0 Å². The van der Waals surface area contributed by atoms with E-state index < -0.39 is 0 Å². The average molecular weight is 417 g/mol. The molecule has 0 unspecified atom stereocenters. The third kappa shape index (κ3) is 3.23. The standard InChI is InChI=1S/C24H17ClN2O3/c25-17-8-10-19(11-9-17)30-15-16-12-14-29-22-20-7-4-13-26-23(20)27(24(28)21(16)22)18-5-2-1-3-6-18/h1-13H,14-15H2. The molecule has 0 fully saturated rings. The molecule has 1 aliphatic heterocycles. The van der Waals surface area contributed by atoms with E-state index in [2.05, 4.69) is 4.98 Å². The van der Waals surface area contributed by atoms with Gasteiger partial charge >= 0.3 is 0 Å². The minimum atomic E-state index is -0.187. The van der Waals surface area contributed by atoms with Crippen LogP contribution in [0.25, 0.3) is 22.3 Å². The van der Waals surface area contributed by atoms with Crippen LogP contribution in [0.15, 0.2) is 83.8 Å². The summed E-state index contributed by atoms with van der Waals surface area (Å²) in [4.78, 5) is 18.1. The number of benzene rings is 2. The number of nitrogens with zero attached hydrogens (tertiary/aromatic N) is 2. The molecule has 30 heavy (non-hydrogen) atoms. The Labute approximate surface area is 177 Å². The van der Waals surface area contributed by atoms with Crippen molar-refractivity contribution in [3.63, 3.8) is 0 Å². The summed E-state index contributed by atoms with van der Waals surface area (Å²) in [6.07, 6.45) is 3.56. The zero-order valence-electron chi connectivity index (χ0n) is 15.9. The van der Waals surface area contributed by atoms with E-state index in [0.717, 1.165) is 16.6 Å². The molecule has 0 atom stereocenters. The SMILES string of the molecule is O=c1c2c(c3cccnc3n1-c1ccccc1)OCC=C2COc1ccc(Cl)cc1. The predicted molar refractivity (Wildman–Crippen MR) is 118 cm³/mol. The van der Waals surface area contributed by atoms with E-state index in [1.54, 1.807) is 35.0 Å². The summed E-state index contributed by atoms with van der Waals surface area (Å²) in [5.41, 5.74) is 2.41. The second-order valence-electron chi connectivity index (χ2n) is 6.84. The van der Waals surface area contributed by atoms with Gasteiger partial charge in [-0.2, -0.15) is 0 Å². The fourth-order valence-electron chi connectivity index (χ4n) is 3.59. The van der Waals surface area contributed by atoms with E-state index >= 15 is 0 Å². The Morgan fingerprint density at radius 1 is 1.03 bits per heavy atom. The van der Waals surface area contributed by atoms with E-state index in [1.165, 1.54) is 0 Å². The molecular formula is C24H17ClN2O3. The molecule has 0 saturated carbocycles. The highest BCUT2D eigenvalue weighted by molar-refractivity contribution is 6.30. The molecule has 0 radical (unpaired) electrons. The van der Waals surface area contributed by atoms with Crippen molar-refractivity contribution in [3.05, 3.63) is 99.9 Å². The lowest BCUT2D eigenvalue weighted by molar-refractivity contribution is 0.344. The van der Waals surface area contributed by atoms with Gasteiger partial charge in [-0.3, -0.25) is 9.36 Å². The maximum absolute atomic E-state index is 13.6. The molecule has 0 aliphatic carbocycles. The van der Waals surface area contributed by atoms with Gasteiger partial charge in [-0.15, -0.1) is 0 Å². The van der Waals surface area contributed by atoms with Crippen LogP contribution in [0.3, 0.4) is 0 Å². The van der Waals surface area contributed by atoms with Crippen LogP contribution in [-0.2, 0) is 0 Å². The summed E-state index contributed by atoms with van der Waals surface area (Å²) in [6, 6.07) is 20.4. The summed E-state index contributed by atoms with van der Waals surface area (Å²) >= 11 is 5.95. The largest absolute Gasteiger partial charge is 0.489 e. The Morgan fingerprint density at radius 2 is 1.83 bits per heavy atom. The quantitative estimate of drug-likeness (QED) is 0.475. The van der Waals surface area contributed by atoms with Crippen molar-refractivity contribution in [3.8, 4) is 17.2 Å².